The van der Waals surface area contributed by atoms with Crippen LogP contribution in [-0.4, -0.2) is 51.9 Å². The number of pyridine rings is 1. The van der Waals surface area contributed by atoms with Crippen LogP contribution in [0.15, 0.2) is 36.1 Å². The summed E-state index contributed by atoms with van der Waals surface area (Å²) in [6, 6.07) is 3.59. The van der Waals surface area contributed by atoms with E-state index in [0.717, 1.165) is 38.3 Å². The standard InChI is InChI=1S/C16H18N4OS/c21-16(12-1-3-17-4-2-12)20-9-13-7-19(8-14(13)10-20)11-15-18-5-6-22-15/h1-6,13-14H,7-11H2/t13-,14+. The molecule has 0 radical (unpaired) electrons. The molecular weight excluding hydrogens is 296 g/mol. The molecule has 2 atom stereocenters. The topological polar surface area (TPSA) is 49.3 Å². The monoisotopic (exact) mass is 314 g/mol. The molecule has 2 fully saturated rings. The molecule has 0 bridgehead atoms. The number of rotatable bonds is 3. The lowest BCUT2D eigenvalue weighted by molar-refractivity contribution is 0.0773. The third kappa shape index (κ3) is 2.64. The van der Waals surface area contributed by atoms with Gasteiger partial charge in [-0.1, -0.05) is 0 Å². The average molecular weight is 314 g/mol. The Morgan fingerprint density at radius 1 is 1.14 bits per heavy atom. The predicted octanol–water partition coefficient (Wildman–Crippen LogP) is 1.74. The number of carbonyl (C=O) groups is 1. The molecule has 2 aromatic heterocycles. The molecule has 0 aromatic carbocycles. The first-order valence-electron chi connectivity index (χ1n) is 7.59. The van der Waals surface area contributed by atoms with Crippen molar-refractivity contribution in [3.8, 4) is 0 Å². The van der Waals surface area contributed by atoms with Crippen LogP contribution in [-0.2, 0) is 6.54 Å². The summed E-state index contributed by atoms with van der Waals surface area (Å²) in [6.07, 6.45) is 5.23. The van der Waals surface area contributed by atoms with Crippen molar-refractivity contribution in [2.45, 2.75) is 6.54 Å². The molecule has 0 spiro atoms. The third-order valence-corrected chi connectivity index (χ3v) is 5.38. The predicted molar refractivity (Wildman–Crippen MR) is 84.5 cm³/mol. The van der Waals surface area contributed by atoms with Gasteiger partial charge in [0.1, 0.15) is 5.01 Å². The van der Waals surface area contributed by atoms with Gasteiger partial charge >= 0.3 is 0 Å². The molecule has 4 heterocycles. The molecule has 4 rings (SSSR count). The van der Waals surface area contributed by atoms with Crippen molar-refractivity contribution >= 4 is 17.2 Å². The molecule has 6 heteroatoms. The Morgan fingerprint density at radius 2 is 1.86 bits per heavy atom. The van der Waals surface area contributed by atoms with Crippen LogP contribution in [0.2, 0.25) is 0 Å². The molecular formula is C16H18N4OS. The van der Waals surface area contributed by atoms with Gasteiger partial charge in [0.05, 0.1) is 6.54 Å². The molecule has 0 N–H and O–H groups in total. The second-order valence-electron chi connectivity index (χ2n) is 6.09. The lowest BCUT2D eigenvalue weighted by Crippen LogP contribution is -2.33. The van der Waals surface area contributed by atoms with Crippen LogP contribution in [0.3, 0.4) is 0 Å². The van der Waals surface area contributed by atoms with Crippen molar-refractivity contribution in [2.24, 2.45) is 11.8 Å². The Labute approximate surface area is 133 Å². The molecule has 0 unspecified atom stereocenters. The van der Waals surface area contributed by atoms with E-state index >= 15 is 0 Å². The van der Waals surface area contributed by atoms with Crippen LogP contribution in [0.25, 0.3) is 0 Å². The summed E-state index contributed by atoms with van der Waals surface area (Å²) in [7, 11) is 0. The maximum Gasteiger partial charge on any atom is 0.253 e. The highest BCUT2D eigenvalue weighted by molar-refractivity contribution is 7.09. The van der Waals surface area contributed by atoms with Gasteiger partial charge in [-0.2, -0.15) is 0 Å². The van der Waals surface area contributed by atoms with E-state index in [4.69, 9.17) is 0 Å². The van der Waals surface area contributed by atoms with E-state index in [9.17, 15) is 4.79 Å². The first-order valence-corrected chi connectivity index (χ1v) is 8.47. The van der Waals surface area contributed by atoms with Gasteiger partial charge in [0.25, 0.3) is 5.91 Å². The molecule has 2 saturated heterocycles. The van der Waals surface area contributed by atoms with Crippen LogP contribution in [0, 0.1) is 11.8 Å². The summed E-state index contributed by atoms with van der Waals surface area (Å²) in [5.74, 6) is 1.35. The van der Waals surface area contributed by atoms with Gasteiger partial charge in [-0.3, -0.25) is 14.7 Å². The van der Waals surface area contributed by atoms with E-state index in [-0.39, 0.29) is 5.91 Å². The van der Waals surface area contributed by atoms with Gasteiger partial charge in [-0.05, 0) is 24.0 Å². The number of hydrogen-bond acceptors (Lipinski definition) is 5. The van der Waals surface area contributed by atoms with Crippen LogP contribution in [0.4, 0.5) is 0 Å². The number of thiazole rings is 1. The van der Waals surface area contributed by atoms with Gasteiger partial charge in [0, 0.05) is 55.7 Å². The summed E-state index contributed by atoms with van der Waals surface area (Å²) >= 11 is 1.72. The third-order valence-electron chi connectivity index (χ3n) is 4.62. The minimum absolute atomic E-state index is 0.142. The van der Waals surface area contributed by atoms with Crippen molar-refractivity contribution in [3.63, 3.8) is 0 Å². The number of aromatic nitrogens is 2. The molecule has 1 amide bonds. The lowest BCUT2D eigenvalue weighted by atomic mass is 10.0. The van der Waals surface area contributed by atoms with Crippen molar-refractivity contribution in [1.29, 1.82) is 0 Å². The van der Waals surface area contributed by atoms with Crippen LogP contribution >= 0.6 is 11.3 Å². The molecule has 2 aromatic rings. The Morgan fingerprint density at radius 3 is 2.50 bits per heavy atom. The first kappa shape index (κ1) is 13.8. The number of fused-ring (bicyclic) bond motifs is 1. The van der Waals surface area contributed by atoms with Gasteiger partial charge in [-0.15, -0.1) is 11.3 Å². The maximum atomic E-state index is 12.5. The molecule has 22 heavy (non-hydrogen) atoms. The highest BCUT2D eigenvalue weighted by Gasteiger charge is 2.41. The van der Waals surface area contributed by atoms with E-state index in [1.165, 1.54) is 5.01 Å². The fourth-order valence-corrected chi connectivity index (χ4v) is 4.24. The second kappa shape index (κ2) is 5.78. The van der Waals surface area contributed by atoms with Crippen LogP contribution in [0.1, 0.15) is 15.4 Å². The Hall–Kier alpha value is -1.79. The van der Waals surface area contributed by atoms with Gasteiger partial charge in [0.15, 0.2) is 0 Å². The summed E-state index contributed by atoms with van der Waals surface area (Å²) < 4.78 is 0. The average Bonchev–Trinajstić information content (AvgIpc) is 3.24. The minimum Gasteiger partial charge on any atom is -0.338 e. The van der Waals surface area contributed by atoms with Crippen molar-refractivity contribution < 1.29 is 4.79 Å². The Kier molecular flexibility index (Phi) is 3.63. The first-order chi connectivity index (χ1) is 10.8. The summed E-state index contributed by atoms with van der Waals surface area (Å²) in [5, 5.41) is 3.21. The molecule has 2 aliphatic rings. The lowest BCUT2D eigenvalue weighted by Gasteiger charge is -2.21. The normalized spacial score (nSPS) is 24.6. The summed E-state index contributed by atoms with van der Waals surface area (Å²) in [4.78, 5) is 25.3. The van der Waals surface area contributed by atoms with E-state index in [0.29, 0.717) is 11.8 Å². The molecule has 2 aliphatic heterocycles. The minimum atomic E-state index is 0.142. The second-order valence-corrected chi connectivity index (χ2v) is 7.07. The fourth-order valence-electron chi connectivity index (χ4n) is 3.58. The molecule has 0 saturated carbocycles. The zero-order valence-corrected chi connectivity index (χ0v) is 13.1. The van der Waals surface area contributed by atoms with E-state index in [2.05, 4.69) is 14.9 Å². The summed E-state index contributed by atoms with van der Waals surface area (Å²) in [5.41, 5.74) is 0.745. The smallest absolute Gasteiger partial charge is 0.253 e. The van der Waals surface area contributed by atoms with Crippen LogP contribution < -0.4 is 0 Å². The zero-order chi connectivity index (χ0) is 14.9. The largest absolute Gasteiger partial charge is 0.338 e. The van der Waals surface area contributed by atoms with E-state index in [1.807, 2.05) is 16.5 Å². The highest BCUT2D eigenvalue weighted by Crippen LogP contribution is 2.32. The molecule has 0 aliphatic carbocycles. The quantitative estimate of drug-likeness (QED) is 0.866. The zero-order valence-electron chi connectivity index (χ0n) is 12.3. The number of carbonyl (C=O) groups excluding carboxylic acids is 1. The number of amides is 1. The summed E-state index contributed by atoms with van der Waals surface area (Å²) in [6.45, 7) is 4.85. The van der Waals surface area contributed by atoms with Gasteiger partial charge in [-0.25, -0.2) is 4.98 Å². The maximum absolute atomic E-state index is 12.5. The van der Waals surface area contributed by atoms with Crippen molar-refractivity contribution in [1.82, 2.24) is 19.8 Å². The number of hydrogen-bond donors (Lipinski definition) is 0. The van der Waals surface area contributed by atoms with E-state index < -0.39 is 0 Å². The van der Waals surface area contributed by atoms with Gasteiger partial charge in [0.2, 0.25) is 0 Å². The van der Waals surface area contributed by atoms with E-state index in [1.54, 1.807) is 35.9 Å². The van der Waals surface area contributed by atoms with Crippen LogP contribution in [0.5, 0.6) is 0 Å². The fraction of sp³-hybridized carbons (Fsp3) is 0.438. The number of nitrogens with zero attached hydrogens (tertiary/aromatic N) is 4. The van der Waals surface area contributed by atoms with Crippen molar-refractivity contribution in [2.75, 3.05) is 26.2 Å². The number of likely N-dealkylation sites (tertiary alicyclic amines) is 2. The molecule has 5 nitrogen and oxygen atoms in total. The SMILES string of the molecule is O=C(c1ccncc1)N1C[C@H]2CN(Cc3nccs3)C[C@H]2C1. The van der Waals surface area contributed by atoms with Gasteiger partial charge < -0.3 is 4.90 Å². The highest BCUT2D eigenvalue weighted by atomic mass is 32.1. The van der Waals surface area contributed by atoms with Crippen molar-refractivity contribution in [3.05, 3.63) is 46.7 Å². The Bertz CT molecular complexity index is 631. The molecule has 114 valence electrons. The Balaban J connectivity index is 1.36.